The number of hydrogen-bond donors (Lipinski definition) is 1. The molecule has 0 saturated carbocycles. The lowest BCUT2D eigenvalue weighted by molar-refractivity contribution is 0.220. The van der Waals surface area contributed by atoms with Gasteiger partial charge in [-0.2, -0.15) is 5.10 Å². The standard InChI is InChI=1S/C21H18N2O2/c1-25-19-9-5-6-15(13-19)21(24)16-10-11-20-17(12-16)14-22-23(20)18-7-3-2-4-8-18/h2-14,21,24H,1H3. The molecular formula is C21H18N2O2. The molecule has 4 rings (SSSR count). The number of para-hydroxylation sites is 1. The van der Waals surface area contributed by atoms with E-state index in [1.54, 1.807) is 7.11 Å². The summed E-state index contributed by atoms with van der Waals surface area (Å²) < 4.78 is 7.14. The number of rotatable bonds is 4. The van der Waals surface area contributed by atoms with E-state index in [1.807, 2.05) is 83.7 Å². The summed E-state index contributed by atoms with van der Waals surface area (Å²) in [7, 11) is 1.62. The molecule has 0 spiro atoms. The number of ether oxygens (including phenoxy) is 1. The van der Waals surface area contributed by atoms with Crippen LogP contribution in [-0.2, 0) is 0 Å². The van der Waals surface area contributed by atoms with Crippen LogP contribution in [-0.4, -0.2) is 22.0 Å². The molecule has 25 heavy (non-hydrogen) atoms. The van der Waals surface area contributed by atoms with E-state index >= 15 is 0 Å². The lowest BCUT2D eigenvalue weighted by Gasteiger charge is -2.13. The van der Waals surface area contributed by atoms with Crippen molar-refractivity contribution in [3.05, 3.63) is 90.1 Å². The molecule has 0 aliphatic rings. The zero-order valence-corrected chi connectivity index (χ0v) is 13.8. The van der Waals surface area contributed by atoms with Crippen LogP contribution in [0.5, 0.6) is 5.75 Å². The normalized spacial score (nSPS) is 12.2. The average Bonchev–Trinajstić information content (AvgIpc) is 3.11. The second kappa shape index (κ2) is 6.42. The van der Waals surface area contributed by atoms with Gasteiger partial charge in [0.2, 0.25) is 0 Å². The summed E-state index contributed by atoms with van der Waals surface area (Å²) in [6.45, 7) is 0. The lowest BCUT2D eigenvalue weighted by Crippen LogP contribution is -2.00. The Bertz CT molecular complexity index is 1010. The number of fused-ring (bicyclic) bond motifs is 1. The third kappa shape index (κ3) is 2.88. The van der Waals surface area contributed by atoms with E-state index < -0.39 is 6.10 Å². The fourth-order valence-electron chi connectivity index (χ4n) is 3.00. The Morgan fingerprint density at radius 2 is 1.72 bits per heavy atom. The van der Waals surface area contributed by atoms with Gasteiger partial charge >= 0.3 is 0 Å². The molecule has 0 aliphatic carbocycles. The summed E-state index contributed by atoms with van der Waals surface area (Å²) in [6, 6.07) is 23.4. The van der Waals surface area contributed by atoms with Crippen molar-refractivity contribution >= 4 is 10.9 Å². The van der Waals surface area contributed by atoms with Crippen molar-refractivity contribution < 1.29 is 9.84 Å². The summed E-state index contributed by atoms with van der Waals surface area (Å²) in [5, 5.41) is 16.2. The van der Waals surface area contributed by atoms with Gasteiger partial charge in [0.1, 0.15) is 11.9 Å². The van der Waals surface area contributed by atoms with E-state index in [0.717, 1.165) is 33.5 Å². The highest BCUT2D eigenvalue weighted by molar-refractivity contribution is 5.81. The molecule has 0 bridgehead atoms. The van der Waals surface area contributed by atoms with Crippen LogP contribution in [0.4, 0.5) is 0 Å². The number of methoxy groups -OCH3 is 1. The maximum absolute atomic E-state index is 10.7. The first-order valence-corrected chi connectivity index (χ1v) is 8.11. The zero-order chi connectivity index (χ0) is 17.2. The lowest BCUT2D eigenvalue weighted by atomic mass is 10.0. The van der Waals surface area contributed by atoms with Crippen molar-refractivity contribution in [2.24, 2.45) is 0 Å². The van der Waals surface area contributed by atoms with Crippen LogP contribution in [0.25, 0.3) is 16.6 Å². The molecule has 1 heterocycles. The Hall–Kier alpha value is -3.11. The van der Waals surface area contributed by atoms with Crippen LogP contribution in [0, 0.1) is 0 Å². The van der Waals surface area contributed by atoms with Gasteiger partial charge in [-0.25, -0.2) is 4.68 Å². The van der Waals surface area contributed by atoms with Crippen LogP contribution in [0.1, 0.15) is 17.2 Å². The summed E-state index contributed by atoms with van der Waals surface area (Å²) in [6.07, 6.45) is 1.11. The number of hydrogen-bond acceptors (Lipinski definition) is 3. The van der Waals surface area contributed by atoms with Crippen molar-refractivity contribution in [2.45, 2.75) is 6.10 Å². The molecule has 1 unspecified atom stereocenters. The Kier molecular flexibility index (Phi) is 3.96. The first-order chi connectivity index (χ1) is 12.3. The molecule has 0 fully saturated rings. The molecule has 3 aromatic carbocycles. The number of aliphatic hydroxyl groups excluding tert-OH is 1. The van der Waals surface area contributed by atoms with Gasteiger partial charge in [0, 0.05) is 5.39 Å². The van der Waals surface area contributed by atoms with Crippen molar-refractivity contribution in [2.75, 3.05) is 7.11 Å². The number of aliphatic hydroxyl groups is 1. The topological polar surface area (TPSA) is 47.3 Å². The maximum Gasteiger partial charge on any atom is 0.119 e. The highest BCUT2D eigenvalue weighted by Crippen LogP contribution is 2.28. The van der Waals surface area contributed by atoms with E-state index in [9.17, 15) is 5.11 Å². The van der Waals surface area contributed by atoms with Crippen molar-refractivity contribution in [3.8, 4) is 11.4 Å². The number of nitrogens with zero attached hydrogens (tertiary/aromatic N) is 2. The van der Waals surface area contributed by atoms with E-state index in [0.29, 0.717) is 0 Å². The Morgan fingerprint density at radius 1 is 0.920 bits per heavy atom. The summed E-state index contributed by atoms with van der Waals surface area (Å²) in [5.74, 6) is 0.731. The van der Waals surface area contributed by atoms with Gasteiger partial charge in [-0.1, -0.05) is 36.4 Å². The second-order valence-corrected chi connectivity index (χ2v) is 5.89. The van der Waals surface area contributed by atoms with Gasteiger partial charge in [0.05, 0.1) is 24.5 Å². The third-order valence-corrected chi connectivity index (χ3v) is 4.32. The van der Waals surface area contributed by atoms with Gasteiger partial charge in [-0.05, 0) is 47.5 Å². The Balaban J connectivity index is 1.72. The smallest absolute Gasteiger partial charge is 0.119 e. The third-order valence-electron chi connectivity index (χ3n) is 4.32. The first kappa shape index (κ1) is 15.4. The monoisotopic (exact) mass is 330 g/mol. The molecule has 1 aromatic heterocycles. The van der Waals surface area contributed by atoms with E-state index in [2.05, 4.69) is 5.10 Å². The zero-order valence-electron chi connectivity index (χ0n) is 13.8. The first-order valence-electron chi connectivity index (χ1n) is 8.11. The second-order valence-electron chi connectivity index (χ2n) is 5.89. The largest absolute Gasteiger partial charge is 0.497 e. The molecular weight excluding hydrogens is 312 g/mol. The molecule has 1 N–H and O–H groups in total. The van der Waals surface area contributed by atoms with Crippen LogP contribution < -0.4 is 4.74 Å². The van der Waals surface area contributed by atoms with E-state index in [4.69, 9.17) is 4.74 Å². The molecule has 0 radical (unpaired) electrons. The highest BCUT2D eigenvalue weighted by Gasteiger charge is 2.13. The SMILES string of the molecule is COc1cccc(C(O)c2ccc3c(cnn3-c3ccccc3)c2)c1. The summed E-state index contributed by atoms with van der Waals surface area (Å²) in [5.41, 5.74) is 3.65. The number of benzene rings is 3. The van der Waals surface area contributed by atoms with Crippen LogP contribution in [0.2, 0.25) is 0 Å². The van der Waals surface area contributed by atoms with Crippen molar-refractivity contribution in [3.63, 3.8) is 0 Å². The average molecular weight is 330 g/mol. The van der Waals surface area contributed by atoms with Gasteiger partial charge in [0.25, 0.3) is 0 Å². The van der Waals surface area contributed by atoms with Gasteiger partial charge < -0.3 is 9.84 Å². The minimum absolute atomic E-state index is 0.709. The summed E-state index contributed by atoms with van der Waals surface area (Å²) >= 11 is 0. The molecule has 4 nitrogen and oxygen atoms in total. The molecule has 124 valence electrons. The summed E-state index contributed by atoms with van der Waals surface area (Å²) in [4.78, 5) is 0. The minimum atomic E-state index is -0.709. The van der Waals surface area contributed by atoms with E-state index in [-0.39, 0.29) is 0 Å². The number of aromatic nitrogens is 2. The van der Waals surface area contributed by atoms with Crippen molar-refractivity contribution in [1.29, 1.82) is 0 Å². The molecule has 1 atom stereocenters. The van der Waals surface area contributed by atoms with E-state index in [1.165, 1.54) is 0 Å². The van der Waals surface area contributed by atoms with Crippen LogP contribution in [0.3, 0.4) is 0 Å². The van der Waals surface area contributed by atoms with Crippen LogP contribution >= 0.6 is 0 Å². The van der Waals surface area contributed by atoms with Gasteiger partial charge in [0.15, 0.2) is 0 Å². The molecule has 0 amide bonds. The fraction of sp³-hybridized carbons (Fsp3) is 0.0952. The minimum Gasteiger partial charge on any atom is -0.497 e. The molecule has 4 heteroatoms. The quantitative estimate of drug-likeness (QED) is 0.612. The highest BCUT2D eigenvalue weighted by atomic mass is 16.5. The van der Waals surface area contributed by atoms with Gasteiger partial charge in [-0.3, -0.25) is 0 Å². The fourth-order valence-corrected chi connectivity index (χ4v) is 3.00. The van der Waals surface area contributed by atoms with Crippen LogP contribution in [0.15, 0.2) is 79.0 Å². The predicted molar refractivity (Wildman–Crippen MR) is 98.1 cm³/mol. The van der Waals surface area contributed by atoms with Crippen molar-refractivity contribution in [1.82, 2.24) is 9.78 Å². The Morgan fingerprint density at radius 3 is 2.52 bits per heavy atom. The predicted octanol–water partition coefficient (Wildman–Crippen LogP) is 4.12. The Labute approximate surface area is 145 Å². The molecule has 0 aliphatic heterocycles. The van der Waals surface area contributed by atoms with Gasteiger partial charge in [-0.15, -0.1) is 0 Å². The maximum atomic E-state index is 10.7. The molecule has 4 aromatic rings. The molecule has 0 saturated heterocycles.